The minimum atomic E-state index is -3.28. The zero-order chi connectivity index (χ0) is 17.5. The van der Waals surface area contributed by atoms with Crippen LogP contribution in [0, 0.1) is 0 Å². The topological polar surface area (TPSA) is 84.3 Å². The number of nitrogens with zero attached hydrogens (tertiary/aromatic N) is 3. The van der Waals surface area contributed by atoms with E-state index in [0.29, 0.717) is 30.0 Å². The molecule has 0 fully saturated rings. The van der Waals surface area contributed by atoms with E-state index >= 15 is 0 Å². The first kappa shape index (κ1) is 16.5. The maximum Gasteiger partial charge on any atom is 0.256 e. The number of carbonyl (C=O) groups excluding carboxylic acids is 1. The lowest BCUT2D eigenvalue weighted by Crippen LogP contribution is -2.27. The first-order valence-corrected chi connectivity index (χ1v) is 9.57. The summed E-state index contributed by atoms with van der Waals surface area (Å²) in [7, 11) is -3.28. The van der Waals surface area contributed by atoms with Gasteiger partial charge in [0.15, 0.2) is 0 Å². The number of amides is 1. The van der Waals surface area contributed by atoms with Crippen LogP contribution in [-0.4, -0.2) is 36.9 Å². The first-order valence-electron chi connectivity index (χ1n) is 7.73. The first-order chi connectivity index (χ1) is 11.3. The Kier molecular flexibility index (Phi) is 4.08. The van der Waals surface area contributed by atoms with Gasteiger partial charge in [0.1, 0.15) is 5.82 Å². The van der Waals surface area contributed by atoms with Crippen molar-refractivity contribution < 1.29 is 13.2 Å². The van der Waals surface area contributed by atoms with E-state index in [1.807, 2.05) is 13.8 Å². The summed E-state index contributed by atoms with van der Waals surface area (Å²) in [6, 6.07) is 6.98. The second-order valence-corrected chi connectivity index (χ2v) is 8.04. The maximum atomic E-state index is 12.5. The fourth-order valence-corrected chi connectivity index (χ4v) is 3.83. The van der Waals surface area contributed by atoms with Crippen LogP contribution in [0.2, 0.25) is 0 Å². The number of benzene rings is 1. The normalized spacial score (nSPS) is 14.1. The van der Waals surface area contributed by atoms with Gasteiger partial charge in [0.25, 0.3) is 5.91 Å². The molecule has 1 aromatic carbocycles. The van der Waals surface area contributed by atoms with Gasteiger partial charge in [-0.2, -0.15) is 5.10 Å². The summed E-state index contributed by atoms with van der Waals surface area (Å²) < 4.78 is 26.6. The Bertz CT molecular complexity index is 886. The van der Waals surface area contributed by atoms with Crippen molar-refractivity contribution in [1.29, 1.82) is 0 Å². The molecule has 1 amide bonds. The molecule has 8 heteroatoms. The van der Waals surface area contributed by atoms with E-state index in [4.69, 9.17) is 0 Å². The Labute approximate surface area is 141 Å². The molecule has 3 rings (SSSR count). The molecule has 128 valence electrons. The minimum absolute atomic E-state index is 0.138. The summed E-state index contributed by atoms with van der Waals surface area (Å²) in [4.78, 5) is 12.5. The standard InChI is InChI=1S/C16H20N4O3S/c1-11(2)20-15(6-8-17-20)18-16(21)13-4-5-14-12(10-13)7-9-19(14)24(3,22)23/h4-6,8,10-11H,7,9H2,1-3H3,(H,18,21). The van der Waals surface area contributed by atoms with Crippen LogP contribution in [0.25, 0.3) is 0 Å². The van der Waals surface area contributed by atoms with Crippen molar-refractivity contribution in [3.63, 3.8) is 0 Å². The second-order valence-electron chi connectivity index (χ2n) is 6.14. The number of hydrogen-bond acceptors (Lipinski definition) is 4. The van der Waals surface area contributed by atoms with Crippen molar-refractivity contribution in [3.8, 4) is 0 Å². The number of rotatable bonds is 4. The molecule has 1 aliphatic rings. The highest BCUT2D eigenvalue weighted by molar-refractivity contribution is 7.92. The lowest BCUT2D eigenvalue weighted by atomic mass is 10.1. The van der Waals surface area contributed by atoms with Crippen molar-refractivity contribution in [1.82, 2.24) is 9.78 Å². The Hall–Kier alpha value is -2.35. The Morgan fingerprint density at radius 3 is 2.71 bits per heavy atom. The number of sulfonamides is 1. The van der Waals surface area contributed by atoms with Crippen LogP contribution in [0.1, 0.15) is 35.8 Å². The fourth-order valence-electron chi connectivity index (χ4n) is 2.87. The van der Waals surface area contributed by atoms with Gasteiger partial charge in [-0.15, -0.1) is 0 Å². The molecule has 0 radical (unpaired) electrons. The molecule has 2 heterocycles. The summed E-state index contributed by atoms with van der Waals surface area (Å²) in [6.45, 7) is 4.38. The van der Waals surface area contributed by atoms with E-state index in [2.05, 4.69) is 10.4 Å². The molecule has 0 bridgehead atoms. The molecule has 0 saturated carbocycles. The quantitative estimate of drug-likeness (QED) is 0.916. The largest absolute Gasteiger partial charge is 0.307 e. The zero-order valence-corrected chi connectivity index (χ0v) is 14.7. The van der Waals surface area contributed by atoms with E-state index in [1.54, 1.807) is 35.1 Å². The van der Waals surface area contributed by atoms with Gasteiger partial charge in [-0.3, -0.25) is 9.10 Å². The number of anilines is 2. The average molecular weight is 348 g/mol. The van der Waals surface area contributed by atoms with E-state index in [1.165, 1.54) is 10.6 Å². The molecule has 24 heavy (non-hydrogen) atoms. The predicted octanol–water partition coefficient (Wildman–Crippen LogP) is 2.04. The summed E-state index contributed by atoms with van der Waals surface area (Å²) in [6.07, 6.45) is 3.44. The van der Waals surface area contributed by atoms with Crippen LogP contribution in [0.3, 0.4) is 0 Å². The van der Waals surface area contributed by atoms with E-state index in [0.717, 1.165) is 5.56 Å². The maximum absolute atomic E-state index is 12.5. The molecule has 0 unspecified atom stereocenters. The SMILES string of the molecule is CC(C)n1nccc1NC(=O)c1ccc2c(c1)CCN2S(C)(=O)=O. The Morgan fingerprint density at radius 2 is 2.04 bits per heavy atom. The van der Waals surface area contributed by atoms with Gasteiger partial charge in [-0.25, -0.2) is 13.1 Å². The number of aromatic nitrogens is 2. The Balaban J connectivity index is 1.84. The van der Waals surface area contributed by atoms with Crippen LogP contribution in [0.5, 0.6) is 0 Å². The van der Waals surface area contributed by atoms with Gasteiger partial charge in [0.05, 0.1) is 18.1 Å². The van der Waals surface area contributed by atoms with Crippen molar-refractivity contribution in [2.75, 3.05) is 22.4 Å². The third-order valence-corrected chi connectivity index (χ3v) is 5.18. The molecule has 2 aromatic rings. The van der Waals surface area contributed by atoms with Crippen molar-refractivity contribution in [2.24, 2.45) is 0 Å². The fraction of sp³-hybridized carbons (Fsp3) is 0.375. The molecule has 0 saturated heterocycles. The van der Waals surface area contributed by atoms with Gasteiger partial charge in [-0.1, -0.05) is 0 Å². The molecular formula is C16H20N4O3S. The molecule has 1 N–H and O–H groups in total. The van der Waals surface area contributed by atoms with Crippen LogP contribution in [-0.2, 0) is 16.4 Å². The van der Waals surface area contributed by atoms with Crippen molar-refractivity contribution >= 4 is 27.4 Å². The molecule has 0 aliphatic carbocycles. The highest BCUT2D eigenvalue weighted by atomic mass is 32.2. The number of hydrogen-bond donors (Lipinski definition) is 1. The molecule has 1 aromatic heterocycles. The minimum Gasteiger partial charge on any atom is -0.307 e. The van der Waals surface area contributed by atoms with Gasteiger partial charge in [0, 0.05) is 24.2 Å². The van der Waals surface area contributed by atoms with Crippen LogP contribution >= 0.6 is 0 Å². The van der Waals surface area contributed by atoms with Crippen molar-refractivity contribution in [2.45, 2.75) is 26.3 Å². The average Bonchev–Trinajstić information content (AvgIpc) is 3.11. The number of nitrogens with one attached hydrogen (secondary N) is 1. The van der Waals surface area contributed by atoms with Crippen molar-refractivity contribution in [3.05, 3.63) is 41.6 Å². The second kappa shape index (κ2) is 5.94. The lowest BCUT2D eigenvalue weighted by Gasteiger charge is -2.16. The third-order valence-electron chi connectivity index (χ3n) is 4.00. The summed E-state index contributed by atoms with van der Waals surface area (Å²) in [5, 5.41) is 7.04. The Morgan fingerprint density at radius 1 is 1.29 bits per heavy atom. The van der Waals surface area contributed by atoms with E-state index < -0.39 is 10.0 Å². The number of carbonyl (C=O) groups is 1. The van der Waals surface area contributed by atoms with E-state index in [-0.39, 0.29) is 11.9 Å². The zero-order valence-electron chi connectivity index (χ0n) is 13.9. The smallest absolute Gasteiger partial charge is 0.256 e. The predicted molar refractivity (Wildman–Crippen MR) is 92.9 cm³/mol. The van der Waals surface area contributed by atoms with Crippen LogP contribution in [0.15, 0.2) is 30.5 Å². The molecule has 1 aliphatic heterocycles. The highest BCUT2D eigenvalue weighted by Gasteiger charge is 2.26. The molecular weight excluding hydrogens is 328 g/mol. The van der Waals surface area contributed by atoms with Crippen LogP contribution in [0.4, 0.5) is 11.5 Å². The monoisotopic (exact) mass is 348 g/mol. The van der Waals surface area contributed by atoms with Gasteiger partial charge in [-0.05, 0) is 44.0 Å². The van der Waals surface area contributed by atoms with Gasteiger partial charge < -0.3 is 5.32 Å². The molecule has 7 nitrogen and oxygen atoms in total. The van der Waals surface area contributed by atoms with Crippen LogP contribution < -0.4 is 9.62 Å². The molecule has 0 atom stereocenters. The molecule has 0 spiro atoms. The summed E-state index contributed by atoms with van der Waals surface area (Å²) in [5.74, 6) is 0.395. The summed E-state index contributed by atoms with van der Waals surface area (Å²) in [5.41, 5.74) is 2.02. The third kappa shape index (κ3) is 3.01. The number of fused-ring (bicyclic) bond motifs is 1. The highest BCUT2D eigenvalue weighted by Crippen LogP contribution is 2.31. The van der Waals surface area contributed by atoms with Gasteiger partial charge in [0.2, 0.25) is 10.0 Å². The van der Waals surface area contributed by atoms with Gasteiger partial charge >= 0.3 is 0 Å². The van der Waals surface area contributed by atoms with E-state index in [9.17, 15) is 13.2 Å². The summed E-state index contributed by atoms with van der Waals surface area (Å²) >= 11 is 0. The lowest BCUT2D eigenvalue weighted by molar-refractivity contribution is 0.102.